The fourth-order valence-electron chi connectivity index (χ4n) is 2.18. The number of hydrogen-bond acceptors (Lipinski definition) is 12. The van der Waals surface area contributed by atoms with E-state index in [1.807, 2.05) is 13.8 Å². The van der Waals surface area contributed by atoms with Crippen LogP contribution in [0.1, 0.15) is 27.7 Å². The van der Waals surface area contributed by atoms with E-state index in [4.69, 9.17) is 28.0 Å². The molecule has 16 heteroatoms. The first-order chi connectivity index (χ1) is 16.9. The Hall–Kier alpha value is -2.13. The van der Waals surface area contributed by atoms with Gasteiger partial charge < -0.3 is 39.8 Å². The number of hydrogen-bond donors (Lipinski definition) is 4. The highest BCUT2D eigenvalue weighted by atomic mass is 31.2. The van der Waals surface area contributed by atoms with Gasteiger partial charge in [0.2, 0.25) is 11.8 Å². The highest BCUT2D eigenvalue weighted by Gasteiger charge is 2.25. The van der Waals surface area contributed by atoms with Gasteiger partial charge in [0.25, 0.3) is 0 Å². The molecule has 0 saturated heterocycles. The second-order valence-electron chi connectivity index (χ2n) is 7.53. The molecule has 0 aromatic carbocycles. The maximum absolute atomic E-state index is 11.9. The number of carbonyl (C=O) groups excluding carboxylic acids is 4. The van der Waals surface area contributed by atoms with Crippen molar-refractivity contribution in [2.45, 2.75) is 39.8 Å². The van der Waals surface area contributed by atoms with Crippen LogP contribution in [0.25, 0.3) is 0 Å². The minimum Gasteiger partial charge on any atom is -0.462 e. The number of ether oxygens (including phenoxy) is 4. The molecule has 0 aliphatic carbocycles. The van der Waals surface area contributed by atoms with Crippen LogP contribution in [0.15, 0.2) is 0 Å². The van der Waals surface area contributed by atoms with Crippen molar-refractivity contribution >= 4 is 31.6 Å². The van der Waals surface area contributed by atoms with Gasteiger partial charge in [0.05, 0.1) is 39.6 Å². The summed E-state index contributed by atoms with van der Waals surface area (Å²) in [4.78, 5) is 54.8. The van der Waals surface area contributed by atoms with Crippen LogP contribution in [0.2, 0.25) is 0 Å². The van der Waals surface area contributed by atoms with E-state index in [0.29, 0.717) is 13.2 Å². The fourth-order valence-corrected chi connectivity index (χ4v) is 2.94. The molecule has 4 N–H and O–H groups in total. The lowest BCUT2D eigenvalue weighted by atomic mass is 10.4. The van der Waals surface area contributed by atoms with Crippen molar-refractivity contribution in [3.05, 3.63) is 0 Å². The Bertz CT molecular complexity index is 722. The van der Waals surface area contributed by atoms with Crippen molar-refractivity contribution in [1.29, 1.82) is 0 Å². The molecule has 2 amide bonds. The van der Waals surface area contributed by atoms with E-state index in [9.17, 15) is 28.6 Å². The maximum Gasteiger partial charge on any atom is 0.472 e. The highest BCUT2D eigenvalue weighted by molar-refractivity contribution is 7.47. The van der Waals surface area contributed by atoms with Crippen LogP contribution in [0.3, 0.4) is 0 Å². The lowest BCUT2D eigenvalue weighted by molar-refractivity contribution is -0.158. The van der Waals surface area contributed by atoms with Gasteiger partial charge in [-0.1, -0.05) is 13.8 Å². The van der Waals surface area contributed by atoms with Crippen molar-refractivity contribution in [3.8, 4) is 0 Å². The van der Waals surface area contributed by atoms with Crippen LogP contribution in [-0.4, -0.2) is 107 Å². The van der Waals surface area contributed by atoms with Gasteiger partial charge in [-0.2, -0.15) is 0 Å². The van der Waals surface area contributed by atoms with E-state index >= 15 is 0 Å². The second-order valence-corrected chi connectivity index (χ2v) is 8.99. The lowest BCUT2D eigenvalue weighted by Crippen LogP contribution is -2.38. The largest absolute Gasteiger partial charge is 0.472 e. The molecular weight excluding hydrogens is 505 g/mol. The molecule has 0 spiro atoms. The van der Waals surface area contributed by atoms with Gasteiger partial charge >= 0.3 is 19.8 Å². The predicted octanol–water partition coefficient (Wildman–Crippen LogP) is -1.12. The Morgan fingerprint density at radius 3 is 2.11 bits per heavy atom. The summed E-state index contributed by atoms with van der Waals surface area (Å²) < 4.78 is 41.3. The molecule has 36 heavy (non-hydrogen) atoms. The molecule has 2 atom stereocenters. The predicted molar refractivity (Wildman–Crippen MR) is 125 cm³/mol. The first-order valence-corrected chi connectivity index (χ1v) is 12.8. The van der Waals surface area contributed by atoms with Gasteiger partial charge in [-0.05, 0) is 0 Å². The van der Waals surface area contributed by atoms with E-state index < -0.39 is 38.4 Å². The summed E-state index contributed by atoms with van der Waals surface area (Å²) in [5.41, 5.74) is 0. The van der Waals surface area contributed by atoms with Crippen LogP contribution in [0, 0.1) is 0 Å². The molecule has 0 fully saturated rings. The average molecular weight is 544 g/mol. The van der Waals surface area contributed by atoms with E-state index in [-0.39, 0.29) is 58.1 Å². The van der Waals surface area contributed by atoms with Gasteiger partial charge in [-0.15, -0.1) is 0 Å². The Balaban J connectivity index is 3.84. The van der Waals surface area contributed by atoms with Gasteiger partial charge in [0, 0.05) is 33.0 Å². The van der Waals surface area contributed by atoms with E-state index in [1.54, 1.807) is 0 Å². The maximum atomic E-state index is 11.9. The van der Waals surface area contributed by atoms with E-state index in [0.717, 1.165) is 13.8 Å². The highest BCUT2D eigenvalue weighted by Crippen LogP contribution is 2.43. The molecule has 0 aliphatic rings. The summed E-state index contributed by atoms with van der Waals surface area (Å²) in [7, 11) is -4.51. The number of phosphoric acid groups is 1. The zero-order valence-electron chi connectivity index (χ0n) is 21.1. The Morgan fingerprint density at radius 2 is 1.47 bits per heavy atom. The lowest BCUT2D eigenvalue weighted by Gasteiger charge is -2.18. The second kappa shape index (κ2) is 20.0. The molecular formula is C20H38N3O12P. The van der Waals surface area contributed by atoms with Crippen LogP contribution in [0.5, 0.6) is 0 Å². The first-order valence-electron chi connectivity index (χ1n) is 11.3. The van der Waals surface area contributed by atoms with Gasteiger partial charge in [-0.3, -0.25) is 28.2 Å². The standard InChI is InChI=1S/C20H38N3O12P/c1-15(2)23-11-19(26)21-5-7-30-9-10-31-14-20(27)22-6-8-33-36(28,29)34-13-18(35-17(4)25)12-32-16(3)24/h15,18,23H,5-14H2,1-4H3,(H,21,26)(H,22,27)(H,28,29)/t18-/m1/s1. The zero-order chi connectivity index (χ0) is 27.4. The normalized spacial score (nSPS) is 13.5. The van der Waals surface area contributed by atoms with Crippen molar-refractivity contribution in [2.24, 2.45) is 0 Å². The third kappa shape index (κ3) is 22.3. The number of amides is 2. The van der Waals surface area contributed by atoms with Gasteiger partial charge in [0.15, 0.2) is 6.10 Å². The third-order valence-corrected chi connectivity index (χ3v) is 4.74. The molecule has 210 valence electrons. The Kier molecular flexibility index (Phi) is 18.8. The number of rotatable bonds is 21. The van der Waals surface area contributed by atoms with E-state index in [2.05, 4.69) is 16.0 Å². The van der Waals surface area contributed by atoms with Crippen LogP contribution < -0.4 is 16.0 Å². The van der Waals surface area contributed by atoms with Crippen molar-refractivity contribution in [1.82, 2.24) is 16.0 Å². The molecule has 1 unspecified atom stereocenters. The van der Waals surface area contributed by atoms with Crippen LogP contribution in [0.4, 0.5) is 0 Å². The molecule has 15 nitrogen and oxygen atoms in total. The quantitative estimate of drug-likeness (QED) is 0.0772. The third-order valence-electron chi connectivity index (χ3n) is 3.75. The minimum atomic E-state index is -4.51. The molecule has 0 saturated carbocycles. The smallest absolute Gasteiger partial charge is 0.462 e. The summed E-state index contributed by atoms with van der Waals surface area (Å²) in [5, 5.41) is 8.11. The molecule has 0 aromatic heterocycles. The number of nitrogens with one attached hydrogen (secondary N) is 3. The monoisotopic (exact) mass is 543 g/mol. The Labute approximate surface area is 210 Å². The molecule has 0 heterocycles. The number of esters is 2. The Morgan fingerprint density at radius 1 is 0.833 bits per heavy atom. The summed E-state index contributed by atoms with van der Waals surface area (Å²) in [6.07, 6.45) is -1.10. The van der Waals surface area contributed by atoms with Crippen molar-refractivity contribution in [3.63, 3.8) is 0 Å². The first kappa shape index (κ1) is 33.9. The number of carbonyl (C=O) groups is 4. The van der Waals surface area contributed by atoms with Gasteiger partial charge in [-0.25, -0.2) is 4.57 Å². The average Bonchev–Trinajstić information content (AvgIpc) is 2.78. The van der Waals surface area contributed by atoms with Crippen LogP contribution in [-0.2, 0) is 51.7 Å². The van der Waals surface area contributed by atoms with E-state index in [1.165, 1.54) is 0 Å². The topological polar surface area (TPSA) is 197 Å². The summed E-state index contributed by atoms with van der Waals surface area (Å²) in [6.45, 7) is 5.82. The fraction of sp³-hybridized carbons (Fsp3) is 0.800. The SMILES string of the molecule is CC(=O)OC[C@H](COP(=O)(O)OCCNC(=O)COCCOCCNC(=O)CNC(C)C)OC(C)=O. The summed E-state index contributed by atoms with van der Waals surface area (Å²) in [5.74, 6) is -1.93. The van der Waals surface area contributed by atoms with Crippen molar-refractivity contribution < 1.29 is 56.6 Å². The molecule has 0 rings (SSSR count). The summed E-state index contributed by atoms with van der Waals surface area (Å²) in [6, 6.07) is 0.221. The minimum absolute atomic E-state index is 0.0984. The molecule has 0 aliphatic heterocycles. The number of phosphoric ester groups is 1. The molecule has 0 aromatic rings. The molecule has 0 radical (unpaired) electrons. The van der Waals surface area contributed by atoms with Gasteiger partial charge in [0.1, 0.15) is 13.2 Å². The van der Waals surface area contributed by atoms with Crippen molar-refractivity contribution in [2.75, 3.05) is 65.9 Å². The molecule has 0 bridgehead atoms. The van der Waals surface area contributed by atoms with Crippen LogP contribution >= 0.6 is 7.82 Å². The zero-order valence-corrected chi connectivity index (χ0v) is 22.0. The summed E-state index contributed by atoms with van der Waals surface area (Å²) >= 11 is 0.